The second kappa shape index (κ2) is 7.13. The molecule has 0 radical (unpaired) electrons. The highest BCUT2D eigenvalue weighted by Gasteiger charge is 2.24. The van der Waals surface area contributed by atoms with E-state index >= 15 is 0 Å². The molecule has 1 atom stereocenters. The van der Waals surface area contributed by atoms with Crippen molar-refractivity contribution in [1.29, 1.82) is 0 Å². The maximum Gasteiger partial charge on any atom is 0.223 e. The lowest BCUT2D eigenvalue weighted by Gasteiger charge is -2.27. The van der Waals surface area contributed by atoms with Gasteiger partial charge in [-0.05, 0) is 31.6 Å². The minimum Gasteiger partial charge on any atom is -0.391 e. The van der Waals surface area contributed by atoms with Crippen LogP contribution in [0.2, 0.25) is 0 Å². The van der Waals surface area contributed by atoms with Crippen molar-refractivity contribution >= 4 is 5.91 Å². The van der Waals surface area contributed by atoms with E-state index in [-0.39, 0.29) is 17.9 Å². The van der Waals surface area contributed by atoms with E-state index in [0.717, 1.165) is 25.7 Å². The molecule has 0 aliphatic heterocycles. The molecule has 2 N–H and O–H groups in total. The summed E-state index contributed by atoms with van der Waals surface area (Å²) >= 11 is 0. The molecule has 2 aliphatic carbocycles. The van der Waals surface area contributed by atoms with E-state index in [9.17, 15) is 9.90 Å². The summed E-state index contributed by atoms with van der Waals surface area (Å²) in [6.07, 6.45) is 11.4. The molecule has 3 nitrogen and oxygen atoms in total. The minimum atomic E-state index is -0.335. The number of hydrogen-bond acceptors (Lipinski definition) is 2. The third-order valence-corrected chi connectivity index (χ3v) is 4.66. The normalized spacial score (nSPS) is 24.7. The highest BCUT2D eigenvalue weighted by molar-refractivity contribution is 5.78. The monoisotopic (exact) mass is 253 g/mol. The van der Waals surface area contributed by atoms with E-state index in [1.807, 2.05) is 0 Å². The first-order chi connectivity index (χ1) is 8.77. The number of rotatable bonds is 4. The number of nitrogens with one attached hydrogen (secondary N) is 1. The summed E-state index contributed by atoms with van der Waals surface area (Å²) in [7, 11) is 0. The lowest BCUT2D eigenvalue weighted by atomic mass is 9.85. The number of amides is 1. The van der Waals surface area contributed by atoms with Gasteiger partial charge >= 0.3 is 0 Å². The fourth-order valence-electron chi connectivity index (χ4n) is 3.40. The molecular formula is C15H27NO2. The first-order valence-electron chi connectivity index (χ1n) is 7.73. The summed E-state index contributed by atoms with van der Waals surface area (Å²) in [6.45, 7) is 0.458. The molecule has 18 heavy (non-hydrogen) atoms. The van der Waals surface area contributed by atoms with Gasteiger partial charge in [0.2, 0.25) is 5.91 Å². The van der Waals surface area contributed by atoms with E-state index in [4.69, 9.17) is 0 Å². The summed E-state index contributed by atoms with van der Waals surface area (Å²) in [5.74, 6) is 0.785. The standard InChI is InChI=1S/C15H27NO2/c17-14(12-7-3-1-4-8-12)11-16-15(18)13-9-5-2-6-10-13/h12-14,17H,1-11H2,(H,16,18). The molecule has 0 bridgehead atoms. The highest BCUT2D eigenvalue weighted by atomic mass is 16.3. The van der Waals surface area contributed by atoms with Crippen molar-refractivity contribution in [3.8, 4) is 0 Å². The molecule has 0 aromatic heterocycles. The molecule has 0 heterocycles. The molecule has 2 rings (SSSR count). The minimum absolute atomic E-state index is 0.171. The number of hydrogen-bond donors (Lipinski definition) is 2. The van der Waals surface area contributed by atoms with Crippen molar-refractivity contribution in [1.82, 2.24) is 5.32 Å². The average Bonchev–Trinajstić information content (AvgIpc) is 2.46. The van der Waals surface area contributed by atoms with Gasteiger partial charge in [-0.2, -0.15) is 0 Å². The summed E-state index contributed by atoms with van der Waals surface area (Å²) in [5.41, 5.74) is 0. The Morgan fingerprint density at radius 2 is 1.56 bits per heavy atom. The van der Waals surface area contributed by atoms with Gasteiger partial charge in [0, 0.05) is 12.5 Å². The number of carbonyl (C=O) groups excluding carboxylic acids is 1. The molecule has 1 amide bonds. The summed E-state index contributed by atoms with van der Waals surface area (Å²) < 4.78 is 0. The Bertz CT molecular complexity index is 255. The van der Waals surface area contributed by atoms with Gasteiger partial charge in [-0.15, -0.1) is 0 Å². The van der Waals surface area contributed by atoms with Crippen LogP contribution in [0.3, 0.4) is 0 Å². The summed E-state index contributed by atoms with van der Waals surface area (Å²) in [5, 5.41) is 13.1. The number of aliphatic hydroxyl groups excluding tert-OH is 1. The maximum atomic E-state index is 12.0. The molecule has 0 aromatic carbocycles. The van der Waals surface area contributed by atoms with E-state index in [2.05, 4.69) is 5.32 Å². The van der Waals surface area contributed by atoms with Crippen LogP contribution in [0.25, 0.3) is 0 Å². The second-order valence-electron chi connectivity index (χ2n) is 6.05. The summed E-state index contributed by atoms with van der Waals surface area (Å²) in [6, 6.07) is 0. The Morgan fingerprint density at radius 1 is 1.00 bits per heavy atom. The smallest absolute Gasteiger partial charge is 0.223 e. The van der Waals surface area contributed by atoms with E-state index < -0.39 is 0 Å². The van der Waals surface area contributed by atoms with E-state index in [0.29, 0.717) is 12.5 Å². The zero-order chi connectivity index (χ0) is 12.8. The molecule has 2 aliphatic rings. The van der Waals surface area contributed by atoms with Crippen LogP contribution in [0.15, 0.2) is 0 Å². The lowest BCUT2D eigenvalue weighted by molar-refractivity contribution is -0.126. The first kappa shape index (κ1) is 13.9. The summed E-state index contributed by atoms with van der Waals surface area (Å²) in [4.78, 5) is 12.0. The predicted molar refractivity (Wildman–Crippen MR) is 72.2 cm³/mol. The van der Waals surface area contributed by atoms with Gasteiger partial charge in [0.15, 0.2) is 0 Å². The molecule has 2 fully saturated rings. The van der Waals surface area contributed by atoms with Gasteiger partial charge in [-0.3, -0.25) is 4.79 Å². The van der Waals surface area contributed by atoms with Crippen LogP contribution in [0.5, 0.6) is 0 Å². The number of aliphatic hydroxyl groups is 1. The Morgan fingerprint density at radius 3 is 2.17 bits per heavy atom. The van der Waals surface area contributed by atoms with Gasteiger partial charge in [0.25, 0.3) is 0 Å². The van der Waals surface area contributed by atoms with Gasteiger partial charge in [-0.1, -0.05) is 38.5 Å². The van der Waals surface area contributed by atoms with Gasteiger partial charge in [-0.25, -0.2) is 0 Å². The molecule has 2 saturated carbocycles. The average molecular weight is 253 g/mol. The van der Waals surface area contributed by atoms with Crippen LogP contribution in [-0.2, 0) is 4.79 Å². The Labute approximate surface area is 110 Å². The van der Waals surface area contributed by atoms with Crippen molar-refractivity contribution in [3.05, 3.63) is 0 Å². The molecular weight excluding hydrogens is 226 g/mol. The maximum absolute atomic E-state index is 12.0. The lowest BCUT2D eigenvalue weighted by Crippen LogP contribution is -2.40. The van der Waals surface area contributed by atoms with Crippen LogP contribution in [-0.4, -0.2) is 23.7 Å². The Balaban J connectivity index is 1.67. The topological polar surface area (TPSA) is 49.3 Å². The fraction of sp³-hybridized carbons (Fsp3) is 0.933. The highest BCUT2D eigenvalue weighted by Crippen LogP contribution is 2.27. The fourth-order valence-corrected chi connectivity index (χ4v) is 3.40. The quantitative estimate of drug-likeness (QED) is 0.809. The molecule has 3 heteroatoms. The van der Waals surface area contributed by atoms with Crippen LogP contribution in [0.1, 0.15) is 64.2 Å². The van der Waals surface area contributed by atoms with Crippen molar-refractivity contribution < 1.29 is 9.90 Å². The van der Waals surface area contributed by atoms with Crippen molar-refractivity contribution in [2.45, 2.75) is 70.3 Å². The predicted octanol–water partition coefficient (Wildman–Crippen LogP) is 2.62. The zero-order valence-electron chi connectivity index (χ0n) is 11.4. The largest absolute Gasteiger partial charge is 0.391 e. The second-order valence-corrected chi connectivity index (χ2v) is 6.05. The zero-order valence-corrected chi connectivity index (χ0v) is 11.4. The molecule has 0 aromatic rings. The Kier molecular flexibility index (Phi) is 5.48. The Hall–Kier alpha value is -0.570. The van der Waals surface area contributed by atoms with Gasteiger partial charge < -0.3 is 10.4 Å². The SMILES string of the molecule is O=C(NCC(O)C1CCCCC1)C1CCCCC1. The van der Waals surface area contributed by atoms with Crippen LogP contribution >= 0.6 is 0 Å². The van der Waals surface area contributed by atoms with Gasteiger partial charge in [0.05, 0.1) is 6.10 Å². The third-order valence-electron chi connectivity index (χ3n) is 4.66. The van der Waals surface area contributed by atoms with Crippen molar-refractivity contribution in [2.75, 3.05) is 6.54 Å². The molecule has 0 saturated heterocycles. The molecule has 1 unspecified atom stereocenters. The van der Waals surface area contributed by atoms with Crippen molar-refractivity contribution in [2.24, 2.45) is 11.8 Å². The van der Waals surface area contributed by atoms with Crippen molar-refractivity contribution in [3.63, 3.8) is 0 Å². The van der Waals surface area contributed by atoms with E-state index in [1.54, 1.807) is 0 Å². The van der Waals surface area contributed by atoms with Gasteiger partial charge in [0.1, 0.15) is 0 Å². The first-order valence-corrected chi connectivity index (χ1v) is 7.73. The molecule has 104 valence electrons. The van der Waals surface area contributed by atoms with Crippen LogP contribution in [0, 0.1) is 11.8 Å². The molecule has 0 spiro atoms. The number of carbonyl (C=O) groups is 1. The van der Waals surface area contributed by atoms with Crippen LogP contribution < -0.4 is 5.32 Å². The van der Waals surface area contributed by atoms with Crippen LogP contribution in [0.4, 0.5) is 0 Å². The third kappa shape index (κ3) is 3.98. The van der Waals surface area contributed by atoms with E-state index in [1.165, 1.54) is 38.5 Å².